The van der Waals surface area contributed by atoms with Crippen molar-refractivity contribution in [1.82, 2.24) is 20.2 Å². The highest BCUT2D eigenvalue weighted by molar-refractivity contribution is 5.86. The third-order valence-electron chi connectivity index (χ3n) is 2.93. The molecule has 2 atom stereocenters. The molecule has 1 fully saturated rings. The number of rotatable bonds is 2. The van der Waals surface area contributed by atoms with Gasteiger partial charge in [0.05, 0.1) is 18.6 Å². The lowest BCUT2D eigenvalue weighted by Gasteiger charge is -2.08. The fourth-order valence-corrected chi connectivity index (χ4v) is 2.04. The van der Waals surface area contributed by atoms with E-state index in [9.17, 15) is 9.59 Å². The molecule has 0 bridgehead atoms. The van der Waals surface area contributed by atoms with Gasteiger partial charge in [0.1, 0.15) is 17.7 Å². The van der Waals surface area contributed by atoms with Gasteiger partial charge in [-0.3, -0.25) is 14.7 Å². The number of hydrogen-bond donors (Lipinski definition) is 3. The van der Waals surface area contributed by atoms with Gasteiger partial charge >= 0.3 is 0 Å². The third kappa shape index (κ3) is 1.54. The average Bonchev–Trinajstić information content (AvgIpc) is 2.93. The van der Waals surface area contributed by atoms with Crippen molar-refractivity contribution in [1.29, 1.82) is 0 Å². The molecule has 0 amide bonds. The minimum absolute atomic E-state index is 0.136. The first-order valence-electron chi connectivity index (χ1n) is 5.41. The van der Waals surface area contributed by atoms with Crippen molar-refractivity contribution in [2.24, 2.45) is 0 Å². The third-order valence-corrected chi connectivity index (χ3v) is 2.93. The quantitative estimate of drug-likeness (QED) is 0.631. The molecule has 0 unspecified atom stereocenters. The predicted octanol–water partition coefficient (Wildman–Crippen LogP) is -0.962. The topological polar surface area (TPSA) is 121 Å². The molecule has 94 valence electrons. The van der Waals surface area contributed by atoms with Crippen LogP contribution in [0.15, 0.2) is 11.1 Å². The Bertz CT molecular complexity index is 661. The summed E-state index contributed by atoms with van der Waals surface area (Å²) in [5, 5.41) is 15.5. The minimum atomic E-state index is -0.810. The highest BCUT2D eigenvalue weighted by atomic mass is 16.5. The maximum absolute atomic E-state index is 11.5. The zero-order valence-electron chi connectivity index (χ0n) is 9.21. The van der Waals surface area contributed by atoms with Gasteiger partial charge in [-0.1, -0.05) is 0 Å². The van der Waals surface area contributed by atoms with Crippen LogP contribution in [-0.4, -0.2) is 43.8 Å². The van der Waals surface area contributed by atoms with Gasteiger partial charge in [0.2, 0.25) is 0 Å². The van der Waals surface area contributed by atoms with Crippen molar-refractivity contribution < 1.29 is 14.6 Å². The molecule has 0 spiro atoms. The number of aromatic nitrogens is 4. The van der Waals surface area contributed by atoms with Gasteiger partial charge in [-0.15, -0.1) is 0 Å². The van der Waals surface area contributed by atoms with Crippen LogP contribution in [0.25, 0.3) is 11.0 Å². The molecule has 3 heterocycles. The number of aromatic amines is 2. The number of H-pyrrole nitrogens is 2. The molecular formula is C10H10N4O4. The fourth-order valence-electron chi connectivity index (χ4n) is 2.04. The van der Waals surface area contributed by atoms with E-state index in [4.69, 9.17) is 9.84 Å². The number of hydrogen-bond acceptors (Lipinski definition) is 6. The van der Waals surface area contributed by atoms with Gasteiger partial charge in [0.25, 0.3) is 5.56 Å². The van der Waals surface area contributed by atoms with Crippen LogP contribution < -0.4 is 5.56 Å². The van der Waals surface area contributed by atoms with Crippen molar-refractivity contribution in [3.05, 3.63) is 22.4 Å². The van der Waals surface area contributed by atoms with Crippen molar-refractivity contribution in [3.63, 3.8) is 0 Å². The number of fused-ring (bicyclic) bond motifs is 1. The van der Waals surface area contributed by atoms with Crippen LogP contribution in [0.1, 0.15) is 18.2 Å². The Morgan fingerprint density at radius 1 is 1.44 bits per heavy atom. The van der Waals surface area contributed by atoms with E-state index in [1.54, 1.807) is 0 Å². The van der Waals surface area contributed by atoms with E-state index in [1.165, 1.54) is 6.33 Å². The molecule has 2 aromatic heterocycles. The Hall–Kier alpha value is -2.06. The molecule has 18 heavy (non-hydrogen) atoms. The van der Waals surface area contributed by atoms with Crippen molar-refractivity contribution in [3.8, 4) is 0 Å². The van der Waals surface area contributed by atoms with Crippen molar-refractivity contribution >= 4 is 16.8 Å². The smallest absolute Gasteiger partial charge is 0.279 e. The number of carbonyl (C=O) groups is 1. The minimum Gasteiger partial charge on any atom is -0.393 e. The zero-order chi connectivity index (χ0) is 12.7. The van der Waals surface area contributed by atoms with E-state index in [0.29, 0.717) is 11.2 Å². The van der Waals surface area contributed by atoms with E-state index in [-0.39, 0.29) is 29.9 Å². The fraction of sp³-hybridized carbons (Fsp3) is 0.400. The van der Waals surface area contributed by atoms with Crippen molar-refractivity contribution in [2.75, 3.05) is 6.61 Å². The Morgan fingerprint density at radius 2 is 2.28 bits per heavy atom. The average molecular weight is 250 g/mol. The van der Waals surface area contributed by atoms with Crippen LogP contribution in [-0.2, 0) is 9.53 Å². The molecule has 0 radical (unpaired) electrons. The van der Waals surface area contributed by atoms with Gasteiger partial charge in [-0.05, 0) is 0 Å². The van der Waals surface area contributed by atoms with E-state index >= 15 is 0 Å². The summed E-state index contributed by atoms with van der Waals surface area (Å²) in [5.41, 5.74) is 0.692. The summed E-state index contributed by atoms with van der Waals surface area (Å²) in [4.78, 5) is 29.4. The zero-order valence-corrected chi connectivity index (χ0v) is 9.21. The molecule has 0 aliphatic carbocycles. The van der Waals surface area contributed by atoms with Crippen LogP contribution >= 0.6 is 0 Å². The van der Waals surface area contributed by atoms with E-state index < -0.39 is 12.2 Å². The number of nitrogens with one attached hydrogen (secondary N) is 2. The first-order valence-corrected chi connectivity index (χ1v) is 5.41. The molecule has 8 nitrogen and oxygen atoms in total. The normalized spacial score (nSPS) is 23.9. The molecule has 1 aliphatic rings. The maximum Gasteiger partial charge on any atom is 0.279 e. The summed E-state index contributed by atoms with van der Waals surface area (Å²) >= 11 is 0. The number of aliphatic hydroxyl groups excluding tert-OH is 1. The second-order valence-electron chi connectivity index (χ2n) is 4.03. The van der Waals surface area contributed by atoms with Crippen molar-refractivity contribution in [2.45, 2.75) is 18.6 Å². The van der Waals surface area contributed by atoms with Crippen LogP contribution in [0.5, 0.6) is 0 Å². The van der Waals surface area contributed by atoms with Gasteiger partial charge < -0.3 is 14.8 Å². The largest absolute Gasteiger partial charge is 0.393 e. The Balaban J connectivity index is 2.04. The SMILES string of the molecule is O=C1C[C@H](c2[nH]nc3c(=O)[nH]cnc23)O[C@@H]1CO. The highest BCUT2D eigenvalue weighted by Crippen LogP contribution is 2.31. The van der Waals surface area contributed by atoms with Gasteiger partial charge in [-0.25, -0.2) is 4.98 Å². The number of ketones is 1. The number of aliphatic hydroxyl groups is 1. The van der Waals surface area contributed by atoms with Crippen LogP contribution in [0, 0.1) is 0 Å². The highest BCUT2D eigenvalue weighted by Gasteiger charge is 2.36. The van der Waals surface area contributed by atoms with Gasteiger partial charge in [0.15, 0.2) is 11.3 Å². The lowest BCUT2D eigenvalue weighted by molar-refractivity contribution is -0.124. The van der Waals surface area contributed by atoms with Crippen LogP contribution in [0.3, 0.4) is 0 Å². The molecule has 3 N–H and O–H groups in total. The standard InChI is InChI=1S/C10H10N4O4/c15-2-6-4(16)1-5(18-6)7-8-9(14-13-7)10(17)12-3-11-8/h3,5-6,15H,1-2H2,(H,13,14)(H,11,12,17)/t5-,6-/m1/s1. The molecule has 1 saturated heterocycles. The number of Topliss-reactive ketones (excluding diaryl/α,β-unsaturated/α-hetero) is 1. The summed E-state index contributed by atoms with van der Waals surface area (Å²) in [6, 6.07) is 0. The van der Waals surface area contributed by atoms with E-state index in [0.717, 1.165) is 0 Å². The Morgan fingerprint density at radius 3 is 3.00 bits per heavy atom. The molecule has 8 heteroatoms. The first-order chi connectivity index (χ1) is 8.70. The molecule has 1 aliphatic heterocycles. The molecule has 3 rings (SSSR count). The first kappa shape index (κ1) is 11.1. The monoisotopic (exact) mass is 250 g/mol. The summed E-state index contributed by atoms with van der Waals surface area (Å²) < 4.78 is 5.39. The van der Waals surface area contributed by atoms with Gasteiger partial charge in [0, 0.05) is 6.42 Å². The van der Waals surface area contributed by atoms with Crippen LogP contribution in [0.4, 0.5) is 0 Å². The van der Waals surface area contributed by atoms with Crippen LogP contribution in [0.2, 0.25) is 0 Å². The lowest BCUT2D eigenvalue weighted by Crippen LogP contribution is -2.19. The number of ether oxygens (including phenoxy) is 1. The summed E-state index contributed by atoms with van der Waals surface area (Å²) in [5.74, 6) is -0.171. The Labute approximate surface area is 100.0 Å². The predicted molar refractivity (Wildman–Crippen MR) is 58.8 cm³/mol. The molecular weight excluding hydrogens is 240 g/mol. The second kappa shape index (κ2) is 4.00. The van der Waals surface area contributed by atoms with E-state index in [2.05, 4.69) is 20.2 Å². The second-order valence-corrected chi connectivity index (χ2v) is 4.03. The van der Waals surface area contributed by atoms with E-state index in [1.807, 2.05) is 0 Å². The number of carbonyl (C=O) groups excluding carboxylic acids is 1. The number of nitrogens with zero attached hydrogens (tertiary/aromatic N) is 2. The molecule has 0 saturated carbocycles. The Kier molecular flexibility index (Phi) is 2.46. The van der Waals surface area contributed by atoms with Gasteiger partial charge in [-0.2, -0.15) is 5.10 Å². The molecule has 0 aromatic carbocycles. The summed E-state index contributed by atoms with van der Waals surface area (Å²) in [6.07, 6.45) is 0.0466. The summed E-state index contributed by atoms with van der Waals surface area (Å²) in [7, 11) is 0. The lowest BCUT2D eigenvalue weighted by atomic mass is 10.1. The molecule has 2 aromatic rings. The summed E-state index contributed by atoms with van der Waals surface area (Å²) in [6.45, 7) is -0.352. The maximum atomic E-state index is 11.5.